The van der Waals surface area contributed by atoms with Crippen molar-refractivity contribution in [2.24, 2.45) is 0 Å². The number of nitro groups is 1. The number of rotatable bonds is 6. The monoisotopic (exact) mass is 381 g/mol. The number of ether oxygens (including phenoxy) is 3. The van der Waals surface area contributed by atoms with Crippen molar-refractivity contribution in [1.82, 2.24) is 0 Å². The van der Waals surface area contributed by atoms with E-state index in [1.807, 2.05) is 0 Å². The number of benzene rings is 1. The maximum Gasteiger partial charge on any atom is 0.359 e. The van der Waals surface area contributed by atoms with Crippen molar-refractivity contribution in [2.75, 3.05) is 0 Å². The fourth-order valence-electron chi connectivity index (χ4n) is 2.10. The van der Waals surface area contributed by atoms with Crippen molar-refractivity contribution in [1.29, 1.82) is 0 Å². The molecule has 0 aromatic heterocycles. The van der Waals surface area contributed by atoms with Crippen LogP contribution in [-0.4, -0.2) is 34.2 Å². The van der Waals surface area contributed by atoms with Crippen LogP contribution in [0.1, 0.15) is 54.0 Å². The van der Waals surface area contributed by atoms with Gasteiger partial charge in [-0.15, -0.1) is 0 Å². The lowest BCUT2D eigenvalue weighted by atomic mass is 10.1. The Bertz CT molecular complexity index is 686. The number of non-ortho nitro benzene ring substituents is 1. The number of hydrogen-bond acceptors (Lipinski definition) is 7. The molecular weight excluding hydrogens is 354 g/mol. The van der Waals surface area contributed by atoms with Crippen molar-refractivity contribution < 1.29 is 28.7 Å². The van der Waals surface area contributed by atoms with Gasteiger partial charge >= 0.3 is 11.9 Å². The van der Waals surface area contributed by atoms with E-state index in [9.17, 15) is 19.7 Å². The van der Waals surface area contributed by atoms with Gasteiger partial charge in [0.25, 0.3) is 11.8 Å². The minimum Gasteiger partial charge on any atom is -0.467 e. The molecule has 0 amide bonds. The molecule has 0 aliphatic carbocycles. The zero-order valence-electron chi connectivity index (χ0n) is 16.8. The van der Waals surface area contributed by atoms with E-state index in [4.69, 9.17) is 14.2 Å². The molecule has 0 heterocycles. The van der Waals surface area contributed by atoms with Gasteiger partial charge in [-0.25, -0.2) is 9.59 Å². The summed E-state index contributed by atoms with van der Waals surface area (Å²) in [5.41, 5.74) is -1.28. The van der Waals surface area contributed by atoms with E-state index in [0.717, 1.165) is 0 Å². The summed E-state index contributed by atoms with van der Waals surface area (Å²) in [6, 6.07) is 3.95. The van der Waals surface area contributed by atoms with Gasteiger partial charge in [-0.2, -0.15) is 0 Å². The normalized spacial score (nSPS) is 11.9. The number of hydrogen-bond donors (Lipinski definition) is 0. The average molecular weight is 381 g/mol. The fourth-order valence-corrected chi connectivity index (χ4v) is 2.10. The van der Waals surface area contributed by atoms with Crippen LogP contribution >= 0.6 is 0 Å². The molecular formula is C19H27NO7. The SMILES string of the molecule is CCc1cc([N+](=O)[O-])ccc1OC(C(=O)OC(C)(C)C)C(=O)OC(C)(C)C. The zero-order valence-corrected chi connectivity index (χ0v) is 16.8. The van der Waals surface area contributed by atoms with E-state index >= 15 is 0 Å². The van der Waals surface area contributed by atoms with Crippen LogP contribution in [0.3, 0.4) is 0 Å². The fraction of sp³-hybridized carbons (Fsp3) is 0.579. The molecule has 8 nitrogen and oxygen atoms in total. The van der Waals surface area contributed by atoms with Gasteiger partial charge in [-0.3, -0.25) is 10.1 Å². The summed E-state index contributed by atoms with van der Waals surface area (Å²) in [5.74, 6) is -1.60. The molecule has 27 heavy (non-hydrogen) atoms. The van der Waals surface area contributed by atoms with Gasteiger partial charge in [0.15, 0.2) is 0 Å². The number of carbonyl (C=O) groups excluding carboxylic acids is 2. The minimum absolute atomic E-state index is 0.106. The summed E-state index contributed by atoms with van der Waals surface area (Å²) in [5, 5.41) is 10.9. The lowest BCUT2D eigenvalue weighted by molar-refractivity contribution is -0.384. The summed E-state index contributed by atoms with van der Waals surface area (Å²) in [6.07, 6.45) is -1.23. The Morgan fingerprint density at radius 3 is 1.89 bits per heavy atom. The standard InChI is InChI=1S/C19H27NO7/c1-8-12-11-13(20(23)24)9-10-14(12)25-15(16(21)26-18(2,3)4)17(22)27-19(5,6)7/h9-11,15H,8H2,1-7H3. The van der Waals surface area contributed by atoms with Gasteiger partial charge in [0, 0.05) is 17.7 Å². The summed E-state index contributed by atoms with van der Waals surface area (Å²) < 4.78 is 16.2. The van der Waals surface area contributed by atoms with Crippen LogP contribution in [0.15, 0.2) is 18.2 Å². The topological polar surface area (TPSA) is 105 Å². The Morgan fingerprint density at radius 1 is 1.04 bits per heavy atom. The maximum absolute atomic E-state index is 12.5. The molecule has 0 unspecified atom stereocenters. The van der Waals surface area contributed by atoms with E-state index < -0.39 is 34.2 Å². The number of aryl methyl sites for hydroxylation is 1. The molecule has 0 aliphatic heterocycles. The van der Waals surface area contributed by atoms with Gasteiger partial charge in [-0.05, 0) is 54.0 Å². The first-order chi connectivity index (χ1) is 12.2. The van der Waals surface area contributed by atoms with Crippen molar-refractivity contribution >= 4 is 17.6 Å². The Morgan fingerprint density at radius 2 is 1.52 bits per heavy atom. The van der Waals surface area contributed by atoms with E-state index in [1.54, 1.807) is 48.5 Å². The predicted molar refractivity (Wildman–Crippen MR) is 98.6 cm³/mol. The summed E-state index contributed by atoms with van der Waals surface area (Å²) in [4.78, 5) is 35.4. The molecule has 0 aliphatic rings. The summed E-state index contributed by atoms with van der Waals surface area (Å²) in [6.45, 7) is 11.8. The molecule has 1 rings (SSSR count). The molecule has 1 aromatic rings. The van der Waals surface area contributed by atoms with Gasteiger partial charge in [0.2, 0.25) is 0 Å². The third-order valence-corrected chi connectivity index (χ3v) is 3.12. The third kappa shape index (κ3) is 7.24. The minimum atomic E-state index is -1.64. The second-order valence-electron chi connectivity index (χ2n) is 7.97. The van der Waals surface area contributed by atoms with Crippen molar-refractivity contribution in [3.63, 3.8) is 0 Å². The Balaban J connectivity index is 3.22. The van der Waals surface area contributed by atoms with Crippen molar-refractivity contribution in [3.8, 4) is 5.75 Å². The molecule has 0 saturated carbocycles. The lowest BCUT2D eigenvalue weighted by Crippen LogP contribution is -2.44. The predicted octanol–water partition coefficient (Wildman–Crippen LogP) is 3.59. The molecule has 8 heteroatoms. The van der Waals surface area contributed by atoms with Gasteiger partial charge < -0.3 is 14.2 Å². The molecule has 150 valence electrons. The molecule has 0 saturated heterocycles. The Kier molecular flexibility index (Phi) is 6.94. The molecule has 0 atom stereocenters. The van der Waals surface area contributed by atoms with Crippen LogP contribution in [0.4, 0.5) is 5.69 Å². The second kappa shape index (κ2) is 8.37. The van der Waals surface area contributed by atoms with E-state index in [-0.39, 0.29) is 11.4 Å². The first kappa shape index (κ1) is 22.4. The number of carbonyl (C=O) groups is 2. The highest BCUT2D eigenvalue weighted by molar-refractivity contribution is 5.98. The van der Waals surface area contributed by atoms with Crippen LogP contribution in [0.5, 0.6) is 5.75 Å². The highest BCUT2D eigenvalue weighted by Crippen LogP contribution is 2.27. The highest BCUT2D eigenvalue weighted by atomic mass is 16.6. The number of esters is 2. The van der Waals surface area contributed by atoms with Gasteiger partial charge in [-0.1, -0.05) is 6.92 Å². The quantitative estimate of drug-likeness (QED) is 0.321. The van der Waals surface area contributed by atoms with Gasteiger partial charge in [0.1, 0.15) is 17.0 Å². The number of nitrogens with zero attached hydrogens (tertiary/aromatic N) is 1. The van der Waals surface area contributed by atoms with E-state index in [0.29, 0.717) is 12.0 Å². The largest absolute Gasteiger partial charge is 0.467 e. The van der Waals surface area contributed by atoms with E-state index in [1.165, 1.54) is 18.2 Å². The van der Waals surface area contributed by atoms with Crippen LogP contribution in [-0.2, 0) is 25.5 Å². The van der Waals surface area contributed by atoms with E-state index in [2.05, 4.69) is 0 Å². The zero-order chi connectivity index (χ0) is 21.0. The smallest absolute Gasteiger partial charge is 0.359 e. The summed E-state index contributed by atoms with van der Waals surface area (Å²) >= 11 is 0. The van der Waals surface area contributed by atoms with Crippen LogP contribution in [0.2, 0.25) is 0 Å². The highest BCUT2D eigenvalue weighted by Gasteiger charge is 2.37. The van der Waals surface area contributed by atoms with Gasteiger partial charge in [0.05, 0.1) is 4.92 Å². The first-order valence-corrected chi connectivity index (χ1v) is 8.63. The maximum atomic E-state index is 12.5. The van der Waals surface area contributed by atoms with Crippen LogP contribution in [0, 0.1) is 10.1 Å². The molecule has 0 spiro atoms. The van der Waals surface area contributed by atoms with Crippen LogP contribution in [0.25, 0.3) is 0 Å². The average Bonchev–Trinajstić information content (AvgIpc) is 2.48. The molecule has 0 radical (unpaired) electrons. The van der Waals surface area contributed by atoms with Crippen molar-refractivity contribution in [2.45, 2.75) is 72.2 Å². The molecule has 0 N–H and O–H groups in total. The summed E-state index contributed by atoms with van der Waals surface area (Å²) in [7, 11) is 0. The molecule has 0 fully saturated rings. The third-order valence-electron chi connectivity index (χ3n) is 3.12. The lowest BCUT2D eigenvalue weighted by Gasteiger charge is -2.27. The Hall–Kier alpha value is -2.64. The first-order valence-electron chi connectivity index (χ1n) is 8.63. The van der Waals surface area contributed by atoms with Crippen molar-refractivity contribution in [3.05, 3.63) is 33.9 Å². The van der Waals surface area contributed by atoms with Crippen LogP contribution < -0.4 is 4.74 Å². The second-order valence-corrected chi connectivity index (χ2v) is 7.97. The molecule has 0 bridgehead atoms. The molecule has 1 aromatic carbocycles. The number of nitro benzene ring substituents is 1. The Labute approximate surface area is 158 Å².